The van der Waals surface area contributed by atoms with E-state index in [0.29, 0.717) is 23.8 Å². The maximum atomic E-state index is 14.3. The molecule has 182 valence electrons. The van der Waals surface area contributed by atoms with E-state index in [2.05, 4.69) is 4.72 Å². The zero-order chi connectivity index (χ0) is 25.0. The highest BCUT2D eigenvalue weighted by Gasteiger charge is 2.19. The molecule has 0 spiro atoms. The number of nitrogens with zero attached hydrogens (tertiary/aromatic N) is 1. The molecule has 0 saturated heterocycles. The van der Waals surface area contributed by atoms with E-state index in [4.69, 9.17) is 9.47 Å². The lowest BCUT2D eigenvalue weighted by atomic mass is 10.0. The maximum absolute atomic E-state index is 14.3. The van der Waals surface area contributed by atoms with Gasteiger partial charge in [-0.2, -0.15) is 0 Å². The number of pyridine rings is 1. The first-order chi connectivity index (χ1) is 16.0. The van der Waals surface area contributed by atoms with Gasteiger partial charge in [0.25, 0.3) is 5.56 Å². The van der Waals surface area contributed by atoms with Crippen LogP contribution < -0.4 is 19.8 Å². The number of ether oxygens (including phenoxy) is 2. The van der Waals surface area contributed by atoms with Gasteiger partial charge in [0.2, 0.25) is 10.0 Å². The summed E-state index contributed by atoms with van der Waals surface area (Å²) in [5, 5.41) is 0. The fourth-order valence-electron chi connectivity index (χ4n) is 3.01. The second-order valence-corrected chi connectivity index (χ2v) is 10.1. The molecule has 1 heterocycles. The van der Waals surface area contributed by atoms with Crippen molar-refractivity contribution in [2.45, 2.75) is 20.8 Å². The fraction of sp³-hybridized carbons (Fsp3) is 0.292. The van der Waals surface area contributed by atoms with E-state index in [-0.39, 0.29) is 40.2 Å². The molecule has 0 aliphatic carbocycles. The van der Waals surface area contributed by atoms with Gasteiger partial charge in [-0.3, -0.25) is 9.52 Å². The van der Waals surface area contributed by atoms with Crippen LogP contribution in [0.2, 0.25) is 0 Å². The summed E-state index contributed by atoms with van der Waals surface area (Å²) >= 11 is 0. The Morgan fingerprint density at radius 1 is 1.00 bits per heavy atom. The summed E-state index contributed by atoms with van der Waals surface area (Å²) < 4.78 is 67.3. The Hall–Kier alpha value is -3.40. The second-order valence-electron chi connectivity index (χ2n) is 8.10. The molecule has 0 radical (unpaired) electrons. The molecule has 0 fully saturated rings. The Morgan fingerprint density at radius 2 is 1.71 bits per heavy atom. The van der Waals surface area contributed by atoms with E-state index in [1.165, 1.54) is 42.0 Å². The number of sulfonamides is 1. The number of rotatable bonds is 9. The molecule has 2 aromatic carbocycles. The van der Waals surface area contributed by atoms with Crippen molar-refractivity contribution in [3.63, 3.8) is 0 Å². The minimum Gasteiger partial charge on any atom is -0.492 e. The molecule has 0 bridgehead atoms. The molecule has 7 nitrogen and oxygen atoms in total. The average molecular weight is 493 g/mol. The van der Waals surface area contributed by atoms with Crippen molar-refractivity contribution < 1.29 is 26.7 Å². The molecular weight excluding hydrogens is 466 g/mol. The molecule has 0 saturated carbocycles. The van der Waals surface area contributed by atoms with Crippen molar-refractivity contribution >= 4 is 15.7 Å². The van der Waals surface area contributed by atoms with Crippen molar-refractivity contribution in [3.05, 3.63) is 70.6 Å². The summed E-state index contributed by atoms with van der Waals surface area (Å²) in [7, 11) is -2.02. The van der Waals surface area contributed by atoms with Gasteiger partial charge in [0.05, 0.1) is 12.4 Å². The summed E-state index contributed by atoms with van der Waals surface area (Å²) in [6.07, 6.45) is 1.53. The Bertz CT molecular complexity index is 1350. The highest BCUT2D eigenvalue weighted by molar-refractivity contribution is 7.92. The molecule has 34 heavy (non-hydrogen) atoms. The van der Waals surface area contributed by atoms with E-state index < -0.39 is 21.7 Å². The first-order valence-electron chi connectivity index (χ1n) is 10.6. The van der Waals surface area contributed by atoms with Gasteiger partial charge in [0, 0.05) is 42.2 Å². The predicted octanol–water partition coefficient (Wildman–Crippen LogP) is 4.92. The van der Waals surface area contributed by atoms with E-state index >= 15 is 0 Å². The van der Waals surface area contributed by atoms with Gasteiger partial charge in [-0.15, -0.1) is 0 Å². The summed E-state index contributed by atoms with van der Waals surface area (Å²) in [5.41, 5.74) is 0.706. The monoisotopic (exact) mass is 492 g/mol. The molecule has 3 aromatic rings. The lowest BCUT2D eigenvalue weighted by molar-refractivity contribution is 0.271. The van der Waals surface area contributed by atoms with Crippen LogP contribution in [0.4, 0.5) is 14.5 Å². The molecule has 3 rings (SSSR count). The smallest absolute Gasteiger partial charge is 0.254 e. The van der Waals surface area contributed by atoms with E-state index in [9.17, 15) is 22.0 Å². The zero-order valence-corrected chi connectivity index (χ0v) is 20.1. The molecule has 0 amide bonds. The molecule has 0 unspecified atom stereocenters. The number of aromatic nitrogens is 1. The molecule has 0 aliphatic rings. The van der Waals surface area contributed by atoms with E-state index in [0.717, 1.165) is 12.1 Å². The standard InChI is InChI=1S/C24H26F2N2O5S/c1-5-34(30,31)27-17-7-9-21(33-22-8-6-16(25)10-20(22)26)18(11-17)19-13-28(4)24(29)12-23(19)32-14-15(2)3/h6-13,15,27H,5,14H2,1-4H3. The van der Waals surface area contributed by atoms with Gasteiger partial charge >= 0.3 is 0 Å². The van der Waals surface area contributed by atoms with Crippen LogP contribution in [0.15, 0.2) is 53.5 Å². The van der Waals surface area contributed by atoms with Crippen LogP contribution in [-0.4, -0.2) is 25.3 Å². The Labute approximate surface area is 197 Å². The van der Waals surface area contributed by atoms with Crippen LogP contribution in [0.1, 0.15) is 20.8 Å². The van der Waals surface area contributed by atoms with Crippen LogP contribution in [0.25, 0.3) is 11.1 Å². The summed E-state index contributed by atoms with van der Waals surface area (Å²) in [6.45, 7) is 5.73. The number of anilines is 1. The number of aryl methyl sites for hydroxylation is 1. The lowest BCUT2D eigenvalue weighted by Gasteiger charge is -2.18. The van der Waals surface area contributed by atoms with Crippen LogP contribution in [0.5, 0.6) is 17.2 Å². The molecule has 0 atom stereocenters. The van der Waals surface area contributed by atoms with Crippen molar-refractivity contribution in [1.29, 1.82) is 0 Å². The summed E-state index contributed by atoms with van der Waals surface area (Å²) in [6, 6.07) is 8.66. The van der Waals surface area contributed by atoms with Crippen LogP contribution >= 0.6 is 0 Å². The van der Waals surface area contributed by atoms with Crippen LogP contribution in [0.3, 0.4) is 0 Å². The summed E-state index contributed by atoms with van der Waals surface area (Å²) in [5.74, 6) is -1.43. The number of benzene rings is 2. The van der Waals surface area contributed by atoms with Gasteiger partial charge < -0.3 is 14.0 Å². The fourth-order valence-corrected chi connectivity index (χ4v) is 3.64. The highest BCUT2D eigenvalue weighted by atomic mass is 32.2. The van der Waals surface area contributed by atoms with E-state index in [1.54, 1.807) is 7.05 Å². The van der Waals surface area contributed by atoms with Gasteiger partial charge in [-0.25, -0.2) is 17.2 Å². The summed E-state index contributed by atoms with van der Waals surface area (Å²) in [4.78, 5) is 12.3. The lowest BCUT2D eigenvalue weighted by Crippen LogP contribution is -2.17. The van der Waals surface area contributed by atoms with Crippen LogP contribution in [-0.2, 0) is 17.1 Å². The number of nitrogens with one attached hydrogen (secondary N) is 1. The van der Waals surface area contributed by atoms with Crippen molar-refractivity contribution in [2.24, 2.45) is 13.0 Å². The minimum atomic E-state index is -3.58. The number of halogens is 2. The van der Waals surface area contributed by atoms with Crippen LogP contribution in [0, 0.1) is 17.6 Å². The average Bonchev–Trinajstić information content (AvgIpc) is 2.77. The highest BCUT2D eigenvalue weighted by Crippen LogP contribution is 2.40. The van der Waals surface area contributed by atoms with Gasteiger partial charge in [-0.05, 0) is 43.2 Å². The molecular formula is C24H26F2N2O5S. The number of hydrogen-bond acceptors (Lipinski definition) is 5. The van der Waals surface area contributed by atoms with Gasteiger partial charge in [-0.1, -0.05) is 13.8 Å². The van der Waals surface area contributed by atoms with Crippen molar-refractivity contribution in [1.82, 2.24) is 4.57 Å². The first kappa shape index (κ1) is 25.2. The quantitative estimate of drug-likeness (QED) is 0.458. The van der Waals surface area contributed by atoms with Gasteiger partial charge in [0.1, 0.15) is 17.3 Å². The normalized spacial score (nSPS) is 11.5. The Kier molecular flexibility index (Phi) is 7.61. The van der Waals surface area contributed by atoms with E-state index in [1.807, 2.05) is 13.8 Å². The zero-order valence-electron chi connectivity index (χ0n) is 19.3. The molecule has 10 heteroatoms. The Morgan fingerprint density at radius 3 is 2.35 bits per heavy atom. The third-order valence-electron chi connectivity index (χ3n) is 4.80. The molecule has 1 N–H and O–H groups in total. The Balaban J connectivity index is 2.19. The second kappa shape index (κ2) is 10.3. The van der Waals surface area contributed by atoms with Gasteiger partial charge in [0.15, 0.2) is 11.6 Å². The van der Waals surface area contributed by atoms with Crippen molar-refractivity contribution in [3.8, 4) is 28.4 Å². The third-order valence-corrected chi connectivity index (χ3v) is 6.11. The number of hydrogen-bond donors (Lipinski definition) is 1. The predicted molar refractivity (Wildman–Crippen MR) is 127 cm³/mol. The topological polar surface area (TPSA) is 86.6 Å². The third kappa shape index (κ3) is 6.13. The van der Waals surface area contributed by atoms with Crippen molar-refractivity contribution in [2.75, 3.05) is 17.1 Å². The molecule has 1 aromatic heterocycles. The largest absolute Gasteiger partial charge is 0.492 e. The SMILES string of the molecule is CCS(=O)(=O)Nc1ccc(Oc2ccc(F)cc2F)c(-c2cn(C)c(=O)cc2OCC(C)C)c1. The maximum Gasteiger partial charge on any atom is 0.254 e. The minimum absolute atomic E-state index is 0.135. The molecule has 0 aliphatic heterocycles. The first-order valence-corrected chi connectivity index (χ1v) is 12.3.